The van der Waals surface area contributed by atoms with Gasteiger partial charge in [-0.1, -0.05) is 0 Å². The molecule has 1 aliphatic heterocycles. The largest absolute Gasteiger partial charge is 0.526 e. The van der Waals surface area contributed by atoms with Crippen LogP contribution in [0.15, 0.2) is 92.0 Å². The molecule has 0 saturated heterocycles. The number of carbonyl (C=O) groups is 4. The second kappa shape index (κ2) is 11.3. The lowest BCUT2D eigenvalue weighted by molar-refractivity contribution is 0.0671. The van der Waals surface area contributed by atoms with Crippen molar-refractivity contribution in [3.8, 4) is 17.2 Å². The Hall–Kier alpha value is -6.53. The van der Waals surface area contributed by atoms with Crippen LogP contribution in [0.1, 0.15) is 41.4 Å². The van der Waals surface area contributed by atoms with Crippen molar-refractivity contribution in [2.24, 2.45) is 7.05 Å². The van der Waals surface area contributed by atoms with Crippen LogP contribution in [-0.4, -0.2) is 57.0 Å². The van der Waals surface area contributed by atoms with E-state index in [0.717, 1.165) is 26.2 Å². The number of carbonyl (C=O) groups excluding carboxylic acids is 3. The van der Waals surface area contributed by atoms with Gasteiger partial charge in [-0.2, -0.15) is 0 Å². The van der Waals surface area contributed by atoms with Gasteiger partial charge in [0.15, 0.2) is 9.28 Å². The lowest BCUT2D eigenvalue weighted by atomic mass is 9.99. The number of hydrogen-bond acceptors (Lipinski definition) is 10. The third-order valence-corrected chi connectivity index (χ3v) is 9.69. The maximum absolute atomic E-state index is 13.3. The summed E-state index contributed by atoms with van der Waals surface area (Å²) < 4.78 is 12.9. The molecule has 14 nitrogen and oxygen atoms in total. The van der Waals surface area contributed by atoms with E-state index in [2.05, 4.69) is 0 Å². The lowest BCUT2D eigenvalue weighted by Gasteiger charge is -2.14. The molecule has 7 rings (SSSR count). The van der Waals surface area contributed by atoms with Crippen LogP contribution < -0.4 is 31.9 Å². The van der Waals surface area contributed by atoms with Gasteiger partial charge in [-0.25, -0.2) is 19.1 Å². The molecule has 0 bridgehead atoms. The van der Waals surface area contributed by atoms with Crippen LogP contribution in [-0.2, 0) is 11.5 Å². The van der Waals surface area contributed by atoms with Gasteiger partial charge >= 0.3 is 11.9 Å². The van der Waals surface area contributed by atoms with Crippen molar-refractivity contribution in [3.63, 3.8) is 0 Å². The Morgan fingerprint density at radius 1 is 0.653 bits per heavy atom. The summed E-state index contributed by atoms with van der Waals surface area (Å²) in [6.45, 7) is 0. The summed E-state index contributed by atoms with van der Waals surface area (Å²) in [5.74, 6) is -3.13. The number of benzene rings is 4. The first kappa shape index (κ1) is 31.1. The first-order chi connectivity index (χ1) is 23.4. The van der Waals surface area contributed by atoms with E-state index >= 15 is 0 Å². The van der Waals surface area contributed by atoms with E-state index in [4.69, 9.17) is 9.16 Å². The topological polar surface area (TPSA) is 188 Å². The van der Waals surface area contributed by atoms with Gasteiger partial charge in [-0.15, -0.1) is 0 Å². The van der Waals surface area contributed by atoms with E-state index < -0.39 is 60.8 Å². The maximum atomic E-state index is 13.3. The van der Waals surface area contributed by atoms with Crippen molar-refractivity contribution in [3.05, 3.63) is 136 Å². The number of ether oxygens (including phenoxy) is 1. The molecule has 242 valence electrons. The van der Waals surface area contributed by atoms with E-state index in [1.807, 2.05) is 0 Å². The molecule has 1 aliphatic rings. The van der Waals surface area contributed by atoms with Crippen LogP contribution in [0.4, 0.5) is 5.69 Å². The highest BCUT2D eigenvalue weighted by molar-refractivity contribution is 6.86. The normalized spacial score (nSPS) is 12.9. The fourth-order valence-electron chi connectivity index (χ4n) is 5.87. The molecular formula is C33H21N3O11Si2. The maximum Gasteiger partial charge on any atom is 0.336 e. The molecule has 4 aromatic carbocycles. The van der Waals surface area contributed by atoms with Crippen LogP contribution in [0.5, 0.6) is 11.5 Å². The van der Waals surface area contributed by atoms with Crippen molar-refractivity contribution in [2.45, 2.75) is 0 Å². The number of rotatable bonds is 7. The van der Waals surface area contributed by atoms with Crippen molar-refractivity contribution in [2.75, 3.05) is 4.90 Å². The number of fused-ring (bicyclic) bond motifs is 3. The molecule has 1 N–H and O–H groups in total. The molecule has 0 spiro atoms. The van der Waals surface area contributed by atoms with E-state index in [-0.39, 0.29) is 49.6 Å². The standard InChI is InChI=1S/C33H21N3O11Si2/c1-34-26(37)18-10-20-21(11-19(18)27(34)38)29(40)35(28(20)39)14-2-6-16(7-3-14)46-17-8-4-15(5-9-17)36-30(41)22-12-24(32(43)44)25(33(45)47-49-48)13-23(22)31(36)42/h2-13H,49H2,1,48H3,(H,43,44). The molecule has 49 heavy (non-hydrogen) atoms. The molecule has 0 unspecified atom stereocenters. The molecule has 6 aromatic rings. The number of aromatic nitrogens is 2. The van der Waals surface area contributed by atoms with Crippen molar-refractivity contribution < 1.29 is 33.4 Å². The molecule has 0 radical (unpaired) electrons. The molecule has 3 heterocycles. The van der Waals surface area contributed by atoms with Crippen molar-refractivity contribution in [1.82, 2.24) is 9.13 Å². The Bertz CT molecular complexity index is 2590. The molecule has 0 saturated carbocycles. The molecule has 0 fully saturated rings. The van der Waals surface area contributed by atoms with Crippen LogP contribution in [0, 0.1) is 0 Å². The summed E-state index contributed by atoms with van der Waals surface area (Å²) in [6, 6.07) is 16.6. The van der Waals surface area contributed by atoms with Gasteiger partial charge in [0.05, 0.1) is 55.2 Å². The minimum absolute atomic E-state index is 0.0169. The summed E-state index contributed by atoms with van der Waals surface area (Å²) in [5, 5.41) is 9.77. The van der Waals surface area contributed by atoms with Gasteiger partial charge in [-0.3, -0.25) is 33.3 Å². The first-order valence-corrected chi connectivity index (χ1v) is 20.9. The summed E-state index contributed by atoms with van der Waals surface area (Å²) in [7, 11) is 0.901. The van der Waals surface area contributed by atoms with Crippen LogP contribution in [0.3, 0.4) is 0 Å². The quantitative estimate of drug-likeness (QED) is 0.179. The van der Waals surface area contributed by atoms with E-state index in [1.54, 1.807) is 0 Å². The molecule has 0 aliphatic carbocycles. The number of nitrogens with zero attached hydrogens (tertiary/aromatic N) is 3. The average Bonchev–Trinajstić information content (AvgIpc) is 3.58. The monoisotopic (exact) mass is 691 g/mol. The van der Waals surface area contributed by atoms with Crippen molar-refractivity contribution >= 4 is 70.0 Å². The van der Waals surface area contributed by atoms with E-state index in [1.165, 1.54) is 67.7 Å². The molecule has 2 aromatic heterocycles. The van der Waals surface area contributed by atoms with Gasteiger partial charge in [0, 0.05) is 16.8 Å². The Labute approximate surface area is 277 Å². The minimum atomic E-state index is -1.44. The van der Waals surface area contributed by atoms with E-state index in [9.17, 15) is 43.5 Å². The number of amides is 2. The number of imide groups is 1. The lowest BCUT2D eigenvalue weighted by Crippen LogP contribution is -2.29. The third-order valence-electron chi connectivity index (χ3n) is 8.27. The van der Waals surface area contributed by atoms with E-state index in [0.29, 0.717) is 21.3 Å². The highest BCUT2D eigenvalue weighted by Gasteiger charge is 2.39. The Morgan fingerprint density at radius 3 is 1.57 bits per heavy atom. The SMILES string of the molecule is Cn1c(=O)c2cc3c(=O)n(-c4ccc(Oc5ccc(N6C(=O)c7cc(C(=O)O)c(C(=O)O[SiH2][SiH3])cc7C6=O)cc5)cc4)c(=O)c3cc2c1=O. The Kier molecular flexibility index (Phi) is 7.18. The van der Waals surface area contributed by atoms with Crippen molar-refractivity contribution in [1.29, 1.82) is 0 Å². The second-order valence-electron chi connectivity index (χ2n) is 11.1. The predicted octanol–water partition coefficient (Wildman–Crippen LogP) is 0.251. The smallest absolute Gasteiger partial charge is 0.336 e. The zero-order chi connectivity index (χ0) is 34.9. The summed E-state index contributed by atoms with van der Waals surface area (Å²) in [6.07, 6.45) is 0. The second-order valence-corrected chi connectivity index (χ2v) is 13.7. The number of carboxylic acid groups (broad SMARTS) is 1. The average molecular weight is 692 g/mol. The highest BCUT2D eigenvalue weighted by Crippen LogP contribution is 2.33. The number of anilines is 1. The number of carboxylic acids is 1. The van der Waals surface area contributed by atoms with Crippen LogP contribution >= 0.6 is 0 Å². The molecule has 2 amide bonds. The first-order valence-electron chi connectivity index (χ1n) is 14.7. The molecular weight excluding hydrogens is 671 g/mol. The third kappa shape index (κ3) is 4.76. The fraction of sp³-hybridized carbons (Fsp3) is 0.0303. The summed E-state index contributed by atoms with van der Waals surface area (Å²) >= 11 is 0. The van der Waals surface area contributed by atoms with Gasteiger partial charge in [0.1, 0.15) is 11.5 Å². The number of hydrogen-bond donors (Lipinski definition) is 1. The minimum Gasteiger partial charge on any atom is -0.526 e. The Morgan fingerprint density at radius 2 is 1.10 bits per heavy atom. The fourth-order valence-corrected chi connectivity index (χ4v) is 7.07. The zero-order valence-electron chi connectivity index (χ0n) is 25.5. The predicted molar refractivity (Wildman–Crippen MR) is 182 cm³/mol. The van der Waals surface area contributed by atoms with Gasteiger partial charge < -0.3 is 14.3 Å². The van der Waals surface area contributed by atoms with Gasteiger partial charge in [0.2, 0.25) is 0 Å². The highest BCUT2D eigenvalue weighted by atomic mass is 29.1. The van der Waals surface area contributed by atoms with Crippen LogP contribution in [0.2, 0.25) is 0 Å². The van der Waals surface area contributed by atoms with Gasteiger partial charge in [0.25, 0.3) is 34.1 Å². The number of aromatic carboxylic acids is 1. The molecule has 16 heteroatoms. The zero-order valence-corrected chi connectivity index (χ0v) is 28.9. The summed E-state index contributed by atoms with van der Waals surface area (Å²) in [4.78, 5) is 103. The van der Waals surface area contributed by atoms with Crippen LogP contribution in [0.25, 0.3) is 27.2 Å². The summed E-state index contributed by atoms with van der Waals surface area (Å²) in [5.41, 5.74) is -2.99. The molecule has 0 atom stereocenters. The Balaban J connectivity index is 1.13. The van der Waals surface area contributed by atoms with Gasteiger partial charge in [-0.05, 0) is 72.8 Å².